The number of nitrogens with one attached hydrogen (secondary N) is 1. The van der Waals surface area contributed by atoms with Gasteiger partial charge in [0.1, 0.15) is 6.04 Å². The van der Waals surface area contributed by atoms with E-state index >= 15 is 0 Å². The van der Waals surface area contributed by atoms with Crippen LogP contribution in [0.5, 0.6) is 0 Å². The number of rotatable bonds is 3. The number of methoxy groups -OCH3 is 1. The summed E-state index contributed by atoms with van der Waals surface area (Å²) in [6, 6.07) is -0.441. The third kappa shape index (κ3) is 2.15. The van der Waals surface area contributed by atoms with Crippen LogP contribution in [0.1, 0.15) is 45.4 Å². The number of esters is 1. The van der Waals surface area contributed by atoms with Gasteiger partial charge in [0.15, 0.2) is 0 Å². The third-order valence-corrected chi connectivity index (χ3v) is 5.48. The van der Waals surface area contributed by atoms with Crippen LogP contribution in [0.3, 0.4) is 0 Å². The monoisotopic (exact) mass is 265 g/mol. The average Bonchev–Trinajstić information content (AvgIpc) is 2.33. The number of carbonyl (C=O) groups excluding carboxylic acids is 2. The van der Waals surface area contributed by atoms with Crippen LogP contribution in [0.2, 0.25) is 0 Å². The van der Waals surface area contributed by atoms with Crippen molar-refractivity contribution in [3.63, 3.8) is 0 Å². The minimum Gasteiger partial charge on any atom is -0.467 e. The molecule has 4 nitrogen and oxygen atoms in total. The summed E-state index contributed by atoms with van der Waals surface area (Å²) >= 11 is 0. The van der Waals surface area contributed by atoms with Crippen molar-refractivity contribution in [2.24, 2.45) is 23.2 Å². The van der Waals surface area contributed by atoms with Crippen LogP contribution in [-0.4, -0.2) is 25.0 Å². The molecule has 0 spiro atoms. The molecule has 0 heterocycles. The van der Waals surface area contributed by atoms with Crippen molar-refractivity contribution in [2.75, 3.05) is 7.11 Å². The summed E-state index contributed by atoms with van der Waals surface area (Å²) in [6.45, 7) is 1.48. The predicted molar refractivity (Wildman–Crippen MR) is 70.2 cm³/mol. The van der Waals surface area contributed by atoms with Crippen LogP contribution < -0.4 is 5.32 Å². The summed E-state index contributed by atoms with van der Waals surface area (Å²) in [6.07, 6.45) is 7.23. The molecule has 0 aromatic rings. The lowest BCUT2D eigenvalue weighted by Gasteiger charge is -2.58. The zero-order valence-corrected chi connectivity index (χ0v) is 11.8. The molecule has 106 valence electrons. The van der Waals surface area contributed by atoms with Crippen LogP contribution >= 0.6 is 0 Å². The average molecular weight is 265 g/mol. The van der Waals surface area contributed by atoms with Crippen molar-refractivity contribution in [3.8, 4) is 0 Å². The van der Waals surface area contributed by atoms with E-state index in [9.17, 15) is 9.59 Å². The SMILES string of the molecule is COC(=O)[C@H](NC(C)=O)C12CC3CC(CC(C3)C1)C2. The van der Waals surface area contributed by atoms with Crippen LogP contribution in [0.4, 0.5) is 0 Å². The van der Waals surface area contributed by atoms with Crippen molar-refractivity contribution >= 4 is 11.9 Å². The Bertz CT molecular complexity index is 369. The van der Waals surface area contributed by atoms with Gasteiger partial charge in [0.2, 0.25) is 5.91 Å². The highest BCUT2D eigenvalue weighted by Crippen LogP contribution is 2.61. The topological polar surface area (TPSA) is 55.4 Å². The molecule has 4 bridgehead atoms. The maximum atomic E-state index is 12.1. The Balaban J connectivity index is 1.88. The van der Waals surface area contributed by atoms with Gasteiger partial charge in [0.25, 0.3) is 0 Å². The van der Waals surface area contributed by atoms with Gasteiger partial charge in [-0.05, 0) is 56.3 Å². The number of hydrogen-bond acceptors (Lipinski definition) is 3. The van der Waals surface area contributed by atoms with E-state index in [-0.39, 0.29) is 17.3 Å². The molecule has 0 aromatic carbocycles. The van der Waals surface area contributed by atoms with Gasteiger partial charge in [-0.15, -0.1) is 0 Å². The Kier molecular flexibility index (Phi) is 3.06. The van der Waals surface area contributed by atoms with E-state index in [1.807, 2.05) is 0 Å². The molecule has 4 heteroatoms. The molecular weight excluding hydrogens is 242 g/mol. The molecule has 4 rings (SSSR count). The Hall–Kier alpha value is -1.06. The van der Waals surface area contributed by atoms with E-state index in [1.165, 1.54) is 33.3 Å². The summed E-state index contributed by atoms with van der Waals surface area (Å²) in [7, 11) is 1.41. The summed E-state index contributed by atoms with van der Waals surface area (Å²) in [4.78, 5) is 23.6. The Morgan fingerprint density at radius 2 is 1.58 bits per heavy atom. The summed E-state index contributed by atoms with van der Waals surface area (Å²) in [5.41, 5.74) is -0.0342. The molecule has 1 amide bonds. The molecule has 1 atom stereocenters. The van der Waals surface area contributed by atoms with Crippen LogP contribution in [0, 0.1) is 23.2 Å². The van der Waals surface area contributed by atoms with E-state index in [2.05, 4.69) is 5.32 Å². The zero-order chi connectivity index (χ0) is 13.6. The van der Waals surface area contributed by atoms with Gasteiger partial charge >= 0.3 is 5.97 Å². The quantitative estimate of drug-likeness (QED) is 0.793. The molecule has 4 aliphatic rings. The van der Waals surface area contributed by atoms with Gasteiger partial charge in [-0.3, -0.25) is 4.79 Å². The van der Waals surface area contributed by atoms with Crippen molar-refractivity contribution in [2.45, 2.75) is 51.5 Å². The van der Waals surface area contributed by atoms with E-state index in [0.717, 1.165) is 37.0 Å². The molecule has 0 radical (unpaired) electrons. The lowest BCUT2D eigenvalue weighted by atomic mass is 9.47. The van der Waals surface area contributed by atoms with E-state index in [4.69, 9.17) is 4.74 Å². The van der Waals surface area contributed by atoms with Crippen molar-refractivity contribution in [3.05, 3.63) is 0 Å². The molecule has 0 aromatic heterocycles. The predicted octanol–water partition coefficient (Wildman–Crippen LogP) is 1.88. The molecule has 1 N–H and O–H groups in total. The number of hydrogen-bond donors (Lipinski definition) is 1. The van der Waals surface area contributed by atoms with Gasteiger partial charge in [0, 0.05) is 12.3 Å². The highest BCUT2D eigenvalue weighted by atomic mass is 16.5. The van der Waals surface area contributed by atoms with Crippen LogP contribution in [0.25, 0.3) is 0 Å². The minimum atomic E-state index is -0.441. The fourth-order valence-electron chi connectivity index (χ4n) is 5.31. The van der Waals surface area contributed by atoms with E-state index in [0.29, 0.717) is 0 Å². The molecule has 0 saturated heterocycles. The second-order valence-electron chi connectivity index (χ2n) is 6.94. The largest absolute Gasteiger partial charge is 0.467 e. The lowest BCUT2D eigenvalue weighted by Crippen LogP contribution is -2.59. The first-order chi connectivity index (χ1) is 9.02. The molecule has 0 aliphatic heterocycles. The number of amides is 1. The molecule has 19 heavy (non-hydrogen) atoms. The standard InChI is InChI=1S/C15H23NO3/c1-9(17)16-13(14(18)19-2)15-6-10-3-11(7-15)5-12(4-10)8-15/h10-13H,3-8H2,1-2H3,(H,16,17)/t10?,11?,12?,13-,15?/m0/s1. The molecule has 0 unspecified atom stereocenters. The van der Waals surface area contributed by atoms with Gasteiger partial charge < -0.3 is 10.1 Å². The third-order valence-electron chi connectivity index (χ3n) is 5.48. The minimum absolute atomic E-state index is 0.0342. The van der Waals surface area contributed by atoms with Gasteiger partial charge in [-0.25, -0.2) is 4.79 Å². The van der Waals surface area contributed by atoms with E-state index < -0.39 is 6.04 Å². The fourth-order valence-corrected chi connectivity index (χ4v) is 5.31. The lowest BCUT2D eigenvalue weighted by molar-refractivity contribution is -0.157. The summed E-state index contributed by atoms with van der Waals surface area (Å²) in [5.74, 6) is 1.87. The summed E-state index contributed by atoms with van der Waals surface area (Å²) < 4.78 is 4.95. The highest BCUT2D eigenvalue weighted by molar-refractivity contribution is 5.84. The van der Waals surface area contributed by atoms with E-state index in [1.54, 1.807) is 0 Å². The normalized spacial score (nSPS) is 40.8. The first kappa shape index (κ1) is 12.9. The maximum Gasteiger partial charge on any atom is 0.328 e. The second-order valence-corrected chi connectivity index (χ2v) is 6.94. The van der Waals surface area contributed by atoms with Crippen molar-refractivity contribution in [1.29, 1.82) is 0 Å². The van der Waals surface area contributed by atoms with Crippen LogP contribution in [0.15, 0.2) is 0 Å². The first-order valence-electron chi connectivity index (χ1n) is 7.37. The van der Waals surface area contributed by atoms with Crippen LogP contribution in [-0.2, 0) is 14.3 Å². The summed E-state index contributed by atoms with van der Waals surface area (Å²) in [5, 5.41) is 2.87. The maximum absolute atomic E-state index is 12.1. The first-order valence-corrected chi connectivity index (χ1v) is 7.37. The second kappa shape index (κ2) is 4.50. The number of carbonyl (C=O) groups is 2. The van der Waals surface area contributed by atoms with Gasteiger partial charge in [0.05, 0.1) is 7.11 Å². The van der Waals surface area contributed by atoms with Crippen molar-refractivity contribution in [1.82, 2.24) is 5.32 Å². The molecule has 4 aliphatic carbocycles. The number of ether oxygens (including phenoxy) is 1. The smallest absolute Gasteiger partial charge is 0.328 e. The van der Waals surface area contributed by atoms with Gasteiger partial charge in [-0.2, -0.15) is 0 Å². The zero-order valence-electron chi connectivity index (χ0n) is 11.8. The molecular formula is C15H23NO3. The Labute approximate surface area is 114 Å². The molecule has 4 fully saturated rings. The Morgan fingerprint density at radius 3 is 1.95 bits per heavy atom. The highest BCUT2D eigenvalue weighted by Gasteiger charge is 2.56. The fraction of sp³-hybridized carbons (Fsp3) is 0.867. The Morgan fingerprint density at radius 1 is 1.11 bits per heavy atom. The molecule has 4 saturated carbocycles. The van der Waals surface area contributed by atoms with Crippen molar-refractivity contribution < 1.29 is 14.3 Å². The van der Waals surface area contributed by atoms with Gasteiger partial charge in [-0.1, -0.05) is 0 Å².